The average Bonchev–Trinajstić information content (AvgIpc) is 1.36. The molecule has 0 fully saturated rings. The van der Waals surface area contributed by atoms with Crippen LogP contribution in [0.15, 0.2) is 0 Å². The van der Waals surface area contributed by atoms with Gasteiger partial charge in [0.1, 0.15) is 0 Å². The molecular formula is C3H7KMnNOZn. The summed E-state index contributed by atoms with van der Waals surface area (Å²) < 4.78 is -0.150. The molecule has 0 aromatic carbocycles. The first kappa shape index (κ1) is 16.8. The van der Waals surface area contributed by atoms with E-state index in [-0.39, 0.29) is 81.6 Å². The van der Waals surface area contributed by atoms with Gasteiger partial charge in [-0.15, -0.1) is 0 Å². The molecule has 0 saturated carbocycles. The van der Waals surface area contributed by atoms with Gasteiger partial charge in [0.05, 0.1) is 0 Å². The van der Waals surface area contributed by atoms with Crippen LogP contribution < -0.4 is 5.73 Å². The molecule has 0 aliphatic heterocycles. The van der Waals surface area contributed by atoms with Gasteiger partial charge in [-0.25, -0.2) is 0 Å². The molecule has 1 atom stereocenters. The zero-order valence-electron chi connectivity index (χ0n) is 4.15. The van der Waals surface area contributed by atoms with E-state index in [4.69, 9.17) is 5.73 Å². The summed E-state index contributed by atoms with van der Waals surface area (Å²) in [6.45, 7) is 1.62. The van der Waals surface area contributed by atoms with E-state index < -0.39 is 0 Å². The largest absolute Gasteiger partial charge is 0 e. The molecule has 0 rings (SSSR count). The standard InChI is InChI=1S/C3H6NO.K.Mn.Zn.H/c1-3(4)2-5;;;;/h3H,4H2,1H3;;;;. The molecule has 1 unspecified atom stereocenters. The molecule has 0 aliphatic rings. The van der Waals surface area contributed by atoms with Gasteiger partial charge in [-0.1, -0.05) is 0 Å². The fraction of sp³-hybridized carbons (Fsp3) is 0.667. The SMILES string of the molecule is CC(N)[C](=O)[Mn].[KH].[Zn]. The molecular weight excluding hydrogens is 225 g/mol. The Morgan fingerprint density at radius 1 is 1.75 bits per heavy atom. The third kappa shape index (κ3) is 11.2. The van der Waals surface area contributed by atoms with E-state index in [2.05, 4.69) is 16.0 Å². The van der Waals surface area contributed by atoms with Crippen LogP contribution in [0.4, 0.5) is 0 Å². The Bertz CT molecular complexity index is 70.3. The minimum Gasteiger partial charge on any atom is 0 e. The van der Waals surface area contributed by atoms with E-state index in [1.54, 1.807) is 6.92 Å². The van der Waals surface area contributed by atoms with Crippen LogP contribution in [0.5, 0.6) is 0 Å². The first-order valence-electron chi connectivity index (χ1n) is 1.59. The van der Waals surface area contributed by atoms with Gasteiger partial charge in [0.25, 0.3) is 0 Å². The molecule has 2 N–H and O–H groups in total. The van der Waals surface area contributed by atoms with Crippen molar-refractivity contribution >= 4 is 56.1 Å². The second-order valence-corrected chi connectivity index (χ2v) is 1.67. The predicted molar refractivity (Wildman–Crippen MR) is 25.8 cm³/mol. The van der Waals surface area contributed by atoms with Crippen LogP contribution in [0.3, 0.4) is 0 Å². The molecule has 0 spiro atoms. The Morgan fingerprint density at radius 2 is 1.88 bits per heavy atom. The van der Waals surface area contributed by atoms with Crippen LogP contribution in [-0.4, -0.2) is 62.1 Å². The van der Waals surface area contributed by atoms with Crippen molar-refractivity contribution in [3.63, 3.8) is 0 Å². The Kier molecular flexibility index (Phi) is 19.7. The van der Waals surface area contributed by atoms with Gasteiger partial charge in [-0.2, -0.15) is 0 Å². The second-order valence-electron chi connectivity index (χ2n) is 1.09. The van der Waals surface area contributed by atoms with Crippen molar-refractivity contribution in [2.45, 2.75) is 13.0 Å². The van der Waals surface area contributed by atoms with Crippen LogP contribution in [0, 0.1) is 0 Å². The van der Waals surface area contributed by atoms with Crippen molar-refractivity contribution in [2.75, 3.05) is 0 Å². The maximum Gasteiger partial charge on any atom is 0 e. The Morgan fingerprint density at radius 3 is 1.88 bits per heavy atom. The fourth-order valence-corrected chi connectivity index (χ4v) is 0. The van der Waals surface area contributed by atoms with Crippen LogP contribution in [0.2, 0.25) is 0 Å². The van der Waals surface area contributed by atoms with Crippen molar-refractivity contribution in [1.82, 2.24) is 0 Å². The summed E-state index contributed by atoms with van der Waals surface area (Å²) in [6.07, 6.45) is 0. The van der Waals surface area contributed by atoms with Gasteiger partial charge in [-0.3, -0.25) is 0 Å². The van der Waals surface area contributed by atoms with E-state index in [1.165, 1.54) is 0 Å². The number of nitrogens with two attached hydrogens (primary N) is 1. The predicted octanol–water partition coefficient (Wildman–Crippen LogP) is -1.24. The summed E-state index contributed by atoms with van der Waals surface area (Å²) in [5, 5.41) is 0. The molecule has 0 heterocycles. The average molecular weight is 233 g/mol. The zero-order valence-corrected chi connectivity index (χ0v) is 8.30. The van der Waals surface area contributed by atoms with Gasteiger partial charge in [0.15, 0.2) is 0 Å². The van der Waals surface area contributed by atoms with Crippen molar-refractivity contribution < 1.29 is 40.3 Å². The maximum atomic E-state index is 9.94. The van der Waals surface area contributed by atoms with E-state index in [0.717, 1.165) is 0 Å². The molecule has 8 heavy (non-hydrogen) atoms. The quantitative estimate of drug-likeness (QED) is 0.575. The number of hydrogen-bond acceptors (Lipinski definition) is 2. The number of hydrogen-bond donors (Lipinski definition) is 1. The zero-order chi connectivity index (χ0) is 5.15. The molecule has 0 aliphatic carbocycles. The Hall–Kier alpha value is 2.41. The summed E-state index contributed by atoms with van der Waals surface area (Å²) in [7, 11) is 0. The van der Waals surface area contributed by atoms with Gasteiger partial charge < -0.3 is 0 Å². The third-order valence-corrected chi connectivity index (χ3v) is 0.895. The van der Waals surface area contributed by atoms with Crippen LogP contribution in [0.1, 0.15) is 6.92 Å². The molecule has 40 valence electrons. The summed E-state index contributed by atoms with van der Waals surface area (Å²) >= 11 is 2.67. The van der Waals surface area contributed by atoms with Gasteiger partial charge >= 0.3 is 95.6 Å². The minimum atomic E-state index is -0.370. The number of carbonyl (C=O) groups is 1. The normalized spacial score (nSPS) is 10.4. The van der Waals surface area contributed by atoms with Gasteiger partial charge in [-0.05, 0) is 0 Å². The third-order valence-electron chi connectivity index (χ3n) is 0.358. The maximum absolute atomic E-state index is 9.94. The van der Waals surface area contributed by atoms with E-state index >= 15 is 0 Å². The monoisotopic (exact) mass is 231 g/mol. The Labute approximate surface area is 113 Å². The molecule has 0 radical (unpaired) electrons. The van der Waals surface area contributed by atoms with Crippen LogP contribution in [-0.2, 0) is 40.3 Å². The first-order valence-corrected chi connectivity index (χ1v) is 2.18. The molecule has 0 aromatic heterocycles. The molecule has 0 aromatic rings. The summed E-state index contributed by atoms with van der Waals surface area (Å²) in [4.78, 5) is 9.94. The molecule has 0 amide bonds. The van der Waals surface area contributed by atoms with E-state index in [0.29, 0.717) is 0 Å². The molecule has 0 bridgehead atoms. The summed E-state index contributed by atoms with van der Waals surface area (Å²) in [5.41, 5.74) is 5.04. The van der Waals surface area contributed by atoms with Crippen LogP contribution in [0.25, 0.3) is 0 Å². The number of carbonyl (C=O) groups excluding carboxylic acids is 1. The smallest absolute Gasteiger partial charge is 0 e. The van der Waals surface area contributed by atoms with Gasteiger partial charge in [0, 0.05) is 19.5 Å². The van der Waals surface area contributed by atoms with Crippen molar-refractivity contribution in [3.8, 4) is 0 Å². The van der Waals surface area contributed by atoms with Crippen molar-refractivity contribution in [3.05, 3.63) is 0 Å². The molecule has 2 nitrogen and oxygen atoms in total. The summed E-state index contributed by atoms with van der Waals surface area (Å²) in [5.74, 6) is 0. The first-order chi connectivity index (χ1) is 2.64. The van der Waals surface area contributed by atoms with E-state index in [9.17, 15) is 4.79 Å². The minimum absolute atomic E-state index is 0. The van der Waals surface area contributed by atoms with E-state index in [1.807, 2.05) is 0 Å². The Balaban J connectivity index is -0.000000125. The van der Waals surface area contributed by atoms with Gasteiger partial charge in [0.2, 0.25) is 0 Å². The topological polar surface area (TPSA) is 43.1 Å². The molecule has 0 saturated heterocycles. The second kappa shape index (κ2) is 9.41. The van der Waals surface area contributed by atoms with Crippen molar-refractivity contribution in [2.24, 2.45) is 5.73 Å². The number of rotatable bonds is 1. The molecule has 5 heteroatoms. The fourth-order valence-electron chi connectivity index (χ4n) is 0. The van der Waals surface area contributed by atoms with Crippen LogP contribution >= 0.6 is 0 Å². The van der Waals surface area contributed by atoms with Crippen molar-refractivity contribution in [1.29, 1.82) is 0 Å². The summed E-state index contributed by atoms with van der Waals surface area (Å²) in [6, 6.07) is -0.370.